The van der Waals surface area contributed by atoms with Crippen LogP contribution < -0.4 is 10.7 Å². The molecule has 0 aromatic heterocycles. The number of benzene rings is 2. The number of rotatable bonds is 3. The highest BCUT2D eigenvalue weighted by Crippen LogP contribution is 2.22. The van der Waals surface area contributed by atoms with Crippen molar-refractivity contribution in [3.8, 4) is 11.5 Å². The molecule has 0 bridgehead atoms. The molecule has 2 rings (SSSR count). The Morgan fingerprint density at radius 3 is 2.33 bits per heavy atom. The van der Waals surface area contributed by atoms with Gasteiger partial charge in [0.2, 0.25) is 0 Å². The quantitative estimate of drug-likeness (QED) is 0.387. The number of hydrazone groups is 1. The molecule has 0 heterocycles. The van der Waals surface area contributed by atoms with Crippen molar-refractivity contribution in [2.45, 2.75) is 6.92 Å². The molecule has 0 aliphatic carbocycles. The number of carbonyl (C=O) groups excluding carboxylic acids is 2. The van der Waals surface area contributed by atoms with Crippen LogP contribution in [0.3, 0.4) is 0 Å². The average molecular weight is 348 g/mol. The van der Waals surface area contributed by atoms with Gasteiger partial charge in [-0.25, -0.2) is 5.43 Å². The van der Waals surface area contributed by atoms with Gasteiger partial charge in [-0.15, -0.1) is 0 Å². The Balaban J connectivity index is 2.00. The summed E-state index contributed by atoms with van der Waals surface area (Å²) >= 11 is 5.73. The molecule has 0 saturated heterocycles. The fourth-order valence-corrected chi connectivity index (χ4v) is 1.92. The Morgan fingerprint density at radius 1 is 1.04 bits per heavy atom. The summed E-state index contributed by atoms with van der Waals surface area (Å²) in [6.45, 7) is 1.53. The van der Waals surface area contributed by atoms with Crippen LogP contribution in [-0.4, -0.2) is 27.7 Å². The lowest BCUT2D eigenvalue weighted by molar-refractivity contribution is -0.136. The zero-order valence-electron chi connectivity index (χ0n) is 12.6. The topological polar surface area (TPSA) is 111 Å². The van der Waals surface area contributed by atoms with Gasteiger partial charge in [0.05, 0.1) is 5.71 Å². The van der Waals surface area contributed by atoms with E-state index in [-0.39, 0.29) is 17.2 Å². The molecular formula is C16H14ClN3O4. The van der Waals surface area contributed by atoms with Crippen LogP contribution in [-0.2, 0) is 9.59 Å². The van der Waals surface area contributed by atoms with E-state index in [1.807, 2.05) is 0 Å². The first kappa shape index (κ1) is 17.3. The predicted octanol–water partition coefficient (Wildman–Crippen LogP) is 2.23. The number of hydrogen-bond acceptors (Lipinski definition) is 5. The third kappa shape index (κ3) is 4.47. The largest absolute Gasteiger partial charge is 0.508 e. The van der Waals surface area contributed by atoms with Crippen LogP contribution in [0.25, 0.3) is 0 Å². The maximum absolute atomic E-state index is 11.8. The molecule has 0 saturated carbocycles. The minimum absolute atomic E-state index is 0.101. The van der Waals surface area contributed by atoms with Crippen molar-refractivity contribution in [2.75, 3.05) is 5.32 Å². The molecule has 0 unspecified atom stereocenters. The van der Waals surface area contributed by atoms with Gasteiger partial charge in [0.1, 0.15) is 11.5 Å². The number of amides is 2. The smallest absolute Gasteiger partial charge is 0.329 e. The normalized spacial score (nSPS) is 11.0. The van der Waals surface area contributed by atoms with E-state index in [4.69, 9.17) is 11.6 Å². The van der Waals surface area contributed by atoms with Crippen LogP contribution >= 0.6 is 11.6 Å². The summed E-state index contributed by atoms with van der Waals surface area (Å²) < 4.78 is 0. The highest BCUT2D eigenvalue weighted by molar-refractivity contribution is 6.39. The Bertz CT molecular complexity index is 803. The monoisotopic (exact) mass is 347 g/mol. The molecule has 7 nitrogen and oxygen atoms in total. The number of hydrogen-bond donors (Lipinski definition) is 4. The second-order valence-corrected chi connectivity index (χ2v) is 5.24. The van der Waals surface area contributed by atoms with E-state index in [0.717, 1.165) is 6.07 Å². The van der Waals surface area contributed by atoms with Crippen LogP contribution in [0, 0.1) is 0 Å². The van der Waals surface area contributed by atoms with Crippen molar-refractivity contribution < 1.29 is 19.8 Å². The molecule has 4 N–H and O–H groups in total. The van der Waals surface area contributed by atoms with Crippen LogP contribution in [0.15, 0.2) is 47.6 Å². The number of carbonyl (C=O) groups is 2. The first-order valence-corrected chi connectivity index (χ1v) is 7.18. The third-order valence-electron chi connectivity index (χ3n) is 3.00. The van der Waals surface area contributed by atoms with Gasteiger partial charge in [0.25, 0.3) is 0 Å². The van der Waals surface area contributed by atoms with Crippen molar-refractivity contribution in [3.63, 3.8) is 0 Å². The van der Waals surface area contributed by atoms with Crippen molar-refractivity contribution in [2.24, 2.45) is 5.10 Å². The second kappa shape index (κ2) is 7.47. The Hall–Kier alpha value is -3.06. The number of aromatic hydroxyl groups is 2. The highest BCUT2D eigenvalue weighted by atomic mass is 35.5. The van der Waals surface area contributed by atoms with E-state index in [1.54, 1.807) is 24.3 Å². The second-order valence-electron chi connectivity index (χ2n) is 4.80. The number of phenols is 2. The van der Waals surface area contributed by atoms with Gasteiger partial charge in [-0.2, -0.15) is 5.10 Å². The number of halogens is 1. The lowest BCUT2D eigenvalue weighted by Gasteiger charge is -2.06. The lowest BCUT2D eigenvalue weighted by atomic mass is 10.1. The summed E-state index contributed by atoms with van der Waals surface area (Å²) in [5, 5.41) is 25.6. The Kier molecular flexibility index (Phi) is 5.39. The molecule has 2 amide bonds. The molecule has 0 aliphatic rings. The molecule has 2 aromatic carbocycles. The minimum Gasteiger partial charge on any atom is -0.508 e. The summed E-state index contributed by atoms with van der Waals surface area (Å²) in [7, 11) is 0. The number of phenolic OH excluding ortho intramolecular Hbond substituents is 2. The molecule has 0 fully saturated rings. The van der Waals surface area contributed by atoms with E-state index >= 15 is 0 Å². The zero-order chi connectivity index (χ0) is 17.7. The predicted molar refractivity (Wildman–Crippen MR) is 90.2 cm³/mol. The molecule has 2 aromatic rings. The third-order valence-corrected chi connectivity index (χ3v) is 3.26. The highest BCUT2D eigenvalue weighted by Gasteiger charge is 2.14. The molecule has 124 valence electrons. The first-order chi connectivity index (χ1) is 11.4. The van der Waals surface area contributed by atoms with E-state index in [0.29, 0.717) is 16.3 Å². The standard InChI is InChI=1S/C16H14ClN3O4/c1-9(13-7-6-12(21)8-14(13)22)19-20-16(24)15(23)18-11-4-2-10(17)3-5-11/h2-8,21-22H,1H3,(H,18,23)(H,20,24)/b19-9+. The van der Waals surface area contributed by atoms with Gasteiger partial charge in [0, 0.05) is 22.3 Å². The van der Waals surface area contributed by atoms with Gasteiger partial charge in [0.15, 0.2) is 0 Å². The molecule has 24 heavy (non-hydrogen) atoms. The summed E-state index contributed by atoms with van der Waals surface area (Å²) in [5.74, 6) is -2.17. The first-order valence-electron chi connectivity index (χ1n) is 6.80. The summed E-state index contributed by atoms with van der Waals surface area (Å²) in [5.41, 5.74) is 3.08. The number of nitrogens with one attached hydrogen (secondary N) is 2. The van der Waals surface area contributed by atoms with E-state index in [2.05, 4.69) is 15.8 Å². The molecular weight excluding hydrogens is 334 g/mol. The molecule has 0 atom stereocenters. The average Bonchev–Trinajstić information content (AvgIpc) is 2.54. The van der Waals surface area contributed by atoms with Gasteiger partial charge in [-0.1, -0.05) is 11.6 Å². The van der Waals surface area contributed by atoms with Crippen LogP contribution in [0.4, 0.5) is 5.69 Å². The van der Waals surface area contributed by atoms with Crippen molar-refractivity contribution in [1.29, 1.82) is 0 Å². The Morgan fingerprint density at radius 2 is 1.71 bits per heavy atom. The zero-order valence-corrected chi connectivity index (χ0v) is 13.3. The molecule has 0 spiro atoms. The van der Waals surface area contributed by atoms with E-state index < -0.39 is 11.8 Å². The molecule has 0 radical (unpaired) electrons. The van der Waals surface area contributed by atoms with Gasteiger partial charge < -0.3 is 15.5 Å². The number of anilines is 1. The van der Waals surface area contributed by atoms with Crippen molar-refractivity contribution in [1.82, 2.24) is 5.43 Å². The summed E-state index contributed by atoms with van der Waals surface area (Å²) in [6, 6.07) is 10.2. The summed E-state index contributed by atoms with van der Waals surface area (Å²) in [4.78, 5) is 23.5. The van der Waals surface area contributed by atoms with Gasteiger partial charge >= 0.3 is 11.8 Å². The maximum atomic E-state index is 11.8. The maximum Gasteiger partial charge on any atom is 0.329 e. The van der Waals surface area contributed by atoms with Gasteiger partial charge in [-0.05, 0) is 43.3 Å². The van der Waals surface area contributed by atoms with Gasteiger partial charge in [-0.3, -0.25) is 9.59 Å². The fraction of sp³-hybridized carbons (Fsp3) is 0.0625. The van der Waals surface area contributed by atoms with Crippen LogP contribution in [0.2, 0.25) is 5.02 Å². The Labute approximate surface area is 142 Å². The molecule has 0 aliphatic heterocycles. The minimum atomic E-state index is -0.970. The van der Waals surface area contributed by atoms with E-state index in [1.165, 1.54) is 19.1 Å². The number of nitrogens with zero attached hydrogens (tertiary/aromatic N) is 1. The fourth-order valence-electron chi connectivity index (χ4n) is 1.79. The lowest BCUT2D eigenvalue weighted by Crippen LogP contribution is -2.32. The summed E-state index contributed by atoms with van der Waals surface area (Å²) in [6.07, 6.45) is 0. The SMILES string of the molecule is C/C(=N\NC(=O)C(=O)Nc1ccc(Cl)cc1)c1ccc(O)cc1O. The van der Waals surface area contributed by atoms with Crippen LogP contribution in [0.5, 0.6) is 11.5 Å². The van der Waals surface area contributed by atoms with Crippen molar-refractivity contribution >= 4 is 34.8 Å². The van der Waals surface area contributed by atoms with E-state index in [9.17, 15) is 19.8 Å². The van der Waals surface area contributed by atoms with Crippen LogP contribution in [0.1, 0.15) is 12.5 Å². The molecule has 8 heteroatoms. The van der Waals surface area contributed by atoms with Crippen molar-refractivity contribution in [3.05, 3.63) is 53.1 Å².